The van der Waals surface area contributed by atoms with Crippen molar-refractivity contribution in [1.82, 2.24) is 5.32 Å². The quantitative estimate of drug-likeness (QED) is 0.537. The van der Waals surface area contributed by atoms with E-state index in [2.05, 4.69) is 29.6 Å². The summed E-state index contributed by atoms with van der Waals surface area (Å²) in [4.78, 5) is 12.9. The Balaban J connectivity index is 1.49. The second-order valence-corrected chi connectivity index (χ2v) is 8.17. The topological polar surface area (TPSA) is 61.8 Å². The van der Waals surface area contributed by atoms with Gasteiger partial charge in [-0.15, -0.1) is 0 Å². The highest BCUT2D eigenvalue weighted by Crippen LogP contribution is 2.38. The number of nitrogens with one attached hydrogen (secondary N) is 1. The van der Waals surface area contributed by atoms with Gasteiger partial charge < -0.3 is 20.1 Å². The average molecular weight is 458 g/mol. The molecule has 0 spiro atoms. The molecule has 0 aliphatic carbocycles. The number of hydrogen-bond acceptors (Lipinski definition) is 4. The maximum absolute atomic E-state index is 13.6. The van der Waals surface area contributed by atoms with Crippen LogP contribution in [0.15, 0.2) is 60.7 Å². The Morgan fingerprint density at radius 3 is 2.70 bits per heavy atom. The minimum absolute atomic E-state index is 0.0103. The summed E-state index contributed by atoms with van der Waals surface area (Å²) >= 11 is 0. The van der Waals surface area contributed by atoms with Gasteiger partial charge in [-0.25, -0.2) is 4.79 Å². The number of ether oxygens (including phenoxy) is 1. The minimum atomic E-state index is -4.58. The van der Waals surface area contributed by atoms with E-state index in [9.17, 15) is 23.1 Å². The Morgan fingerprint density at radius 1 is 1.18 bits per heavy atom. The first kappa shape index (κ1) is 23.1. The Kier molecular flexibility index (Phi) is 6.58. The molecule has 3 aromatic rings. The van der Waals surface area contributed by atoms with Crippen molar-refractivity contribution in [3.05, 3.63) is 77.4 Å². The number of hydrogen-bond donors (Lipinski definition) is 2. The van der Waals surface area contributed by atoms with E-state index in [4.69, 9.17) is 4.74 Å². The van der Waals surface area contributed by atoms with Crippen molar-refractivity contribution >= 4 is 22.4 Å². The summed E-state index contributed by atoms with van der Waals surface area (Å²) in [7, 11) is 0. The number of carbonyl (C=O) groups is 1. The number of aromatic carboxylic acids is 1. The van der Waals surface area contributed by atoms with Gasteiger partial charge >= 0.3 is 12.1 Å². The van der Waals surface area contributed by atoms with Crippen LogP contribution in [0.25, 0.3) is 10.8 Å². The fraction of sp³-hybridized carbons (Fsp3) is 0.320. The van der Waals surface area contributed by atoms with Gasteiger partial charge in [-0.3, -0.25) is 0 Å². The van der Waals surface area contributed by atoms with Crippen LogP contribution in [0.3, 0.4) is 0 Å². The third-order valence-electron chi connectivity index (χ3n) is 5.97. The second kappa shape index (κ2) is 9.41. The summed E-state index contributed by atoms with van der Waals surface area (Å²) in [6.07, 6.45) is -4.92. The van der Waals surface area contributed by atoms with Gasteiger partial charge in [0.05, 0.1) is 23.8 Å². The van der Waals surface area contributed by atoms with E-state index in [-0.39, 0.29) is 43.1 Å². The van der Waals surface area contributed by atoms with Gasteiger partial charge in [-0.05, 0) is 41.5 Å². The number of halogens is 3. The Bertz CT molecular complexity index is 1140. The zero-order valence-electron chi connectivity index (χ0n) is 18.1. The average Bonchev–Trinajstić information content (AvgIpc) is 2.81. The lowest BCUT2D eigenvalue weighted by molar-refractivity contribution is -0.137. The lowest BCUT2D eigenvalue weighted by atomic mass is 9.99. The number of rotatable bonds is 6. The first-order valence-corrected chi connectivity index (χ1v) is 10.8. The molecule has 0 aromatic heterocycles. The molecule has 1 unspecified atom stereocenters. The highest BCUT2D eigenvalue weighted by molar-refractivity contribution is 5.89. The first-order valence-electron chi connectivity index (χ1n) is 10.8. The van der Waals surface area contributed by atoms with Crippen LogP contribution in [0.1, 0.15) is 34.5 Å². The molecule has 2 N–H and O–H groups in total. The molecule has 1 saturated heterocycles. The van der Waals surface area contributed by atoms with Crippen molar-refractivity contribution in [1.29, 1.82) is 0 Å². The predicted octanol–water partition coefficient (Wildman–Crippen LogP) is 5.11. The molecule has 1 heterocycles. The number of benzene rings is 3. The van der Waals surface area contributed by atoms with Crippen LogP contribution in [-0.2, 0) is 10.9 Å². The Morgan fingerprint density at radius 2 is 1.94 bits per heavy atom. The minimum Gasteiger partial charge on any atom is -0.478 e. The maximum Gasteiger partial charge on any atom is 0.418 e. The number of morpholine rings is 1. The van der Waals surface area contributed by atoms with E-state index in [1.807, 2.05) is 25.1 Å². The predicted molar refractivity (Wildman–Crippen MR) is 121 cm³/mol. The van der Waals surface area contributed by atoms with Crippen molar-refractivity contribution in [2.45, 2.75) is 25.2 Å². The first-order chi connectivity index (χ1) is 15.7. The zero-order valence-corrected chi connectivity index (χ0v) is 18.1. The van der Waals surface area contributed by atoms with E-state index >= 15 is 0 Å². The van der Waals surface area contributed by atoms with Crippen molar-refractivity contribution < 1.29 is 27.8 Å². The molecule has 33 heavy (non-hydrogen) atoms. The van der Waals surface area contributed by atoms with Gasteiger partial charge in [0.25, 0.3) is 0 Å². The summed E-state index contributed by atoms with van der Waals surface area (Å²) in [6, 6.07) is 17.1. The number of nitrogens with zero attached hydrogens (tertiary/aromatic N) is 1. The van der Waals surface area contributed by atoms with E-state index in [0.29, 0.717) is 6.54 Å². The van der Waals surface area contributed by atoms with Crippen molar-refractivity contribution in [3.8, 4) is 0 Å². The SMILES string of the molecule is C[C@@H](NCC1CN(c2cc(C(=O)O)ccc2C(F)(F)F)CCO1)c1cccc2ccccc12. The summed E-state index contributed by atoms with van der Waals surface area (Å²) in [6.45, 7) is 3.22. The molecule has 0 saturated carbocycles. The van der Waals surface area contributed by atoms with Crippen LogP contribution in [-0.4, -0.2) is 43.4 Å². The molecule has 3 aromatic carbocycles. The van der Waals surface area contributed by atoms with Crippen LogP contribution >= 0.6 is 0 Å². The molecule has 1 aliphatic heterocycles. The highest BCUT2D eigenvalue weighted by atomic mass is 19.4. The fourth-order valence-corrected chi connectivity index (χ4v) is 4.27. The molecule has 174 valence electrons. The summed E-state index contributed by atoms with van der Waals surface area (Å²) in [5.74, 6) is -1.26. The largest absolute Gasteiger partial charge is 0.478 e. The molecule has 2 atom stereocenters. The van der Waals surface area contributed by atoms with Crippen LogP contribution in [0.4, 0.5) is 18.9 Å². The molecular formula is C25H25F3N2O3. The smallest absolute Gasteiger partial charge is 0.418 e. The standard InChI is InChI=1S/C25H25F3N2O3/c1-16(20-8-4-6-17-5-2-3-7-21(17)20)29-14-19-15-30(11-12-33-19)23-13-18(24(31)32)9-10-22(23)25(26,27)28/h2-10,13,16,19,29H,11-12,14-15H2,1H3,(H,31,32)/t16-,19?/m1/s1. The van der Waals surface area contributed by atoms with Crippen molar-refractivity contribution in [3.63, 3.8) is 0 Å². The number of alkyl halides is 3. The normalized spacial score (nSPS) is 17.8. The van der Waals surface area contributed by atoms with Gasteiger partial charge in [-0.2, -0.15) is 13.2 Å². The number of carboxylic acid groups (broad SMARTS) is 1. The molecule has 0 radical (unpaired) electrons. The molecular weight excluding hydrogens is 433 g/mol. The van der Waals surface area contributed by atoms with Crippen LogP contribution in [0.2, 0.25) is 0 Å². The lowest BCUT2D eigenvalue weighted by Crippen LogP contribution is -2.47. The van der Waals surface area contributed by atoms with Gasteiger partial charge in [-0.1, -0.05) is 42.5 Å². The number of fused-ring (bicyclic) bond motifs is 1. The molecule has 8 heteroatoms. The van der Waals surface area contributed by atoms with Gasteiger partial charge in [0, 0.05) is 31.4 Å². The third-order valence-corrected chi connectivity index (χ3v) is 5.97. The molecule has 1 aliphatic rings. The van der Waals surface area contributed by atoms with Crippen molar-refractivity contribution in [2.24, 2.45) is 0 Å². The van der Waals surface area contributed by atoms with E-state index < -0.39 is 17.7 Å². The zero-order chi connectivity index (χ0) is 23.6. The maximum atomic E-state index is 13.6. The van der Waals surface area contributed by atoms with Crippen molar-refractivity contribution in [2.75, 3.05) is 31.1 Å². The molecule has 4 rings (SSSR count). The Hall–Kier alpha value is -3.10. The Labute approximate surface area is 189 Å². The molecule has 0 amide bonds. The third kappa shape index (κ3) is 5.12. The van der Waals surface area contributed by atoms with Crippen LogP contribution < -0.4 is 10.2 Å². The molecule has 1 fully saturated rings. The van der Waals surface area contributed by atoms with Gasteiger partial charge in [0.1, 0.15) is 0 Å². The monoisotopic (exact) mass is 458 g/mol. The van der Waals surface area contributed by atoms with Crippen LogP contribution in [0.5, 0.6) is 0 Å². The number of carboxylic acids is 1. The van der Waals surface area contributed by atoms with E-state index in [1.165, 1.54) is 0 Å². The summed E-state index contributed by atoms with van der Waals surface area (Å²) in [5, 5.41) is 15.0. The van der Waals surface area contributed by atoms with Gasteiger partial charge in [0.15, 0.2) is 0 Å². The molecule has 0 bridgehead atoms. The summed E-state index contributed by atoms with van der Waals surface area (Å²) < 4.78 is 46.6. The van der Waals surface area contributed by atoms with Crippen LogP contribution in [0, 0.1) is 0 Å². The second-order valence-electron chi connectivity index (χ2n) is 8.17. The van der Waals surface area contributed by atoms with E-state index in [1.54, 1.807) is 4.90 Å². The molecule has 5 nitrogen and oxygen atoms in total. The number of anilines is 1. The highest BCUT2D eigenvalue weighted by Gasteiger charge is 2.36. The van der Waals surface area contributed by atoms with Gasteiger partial charge in [0.2, 0.25) is 0 Å². The summed E-state index contributed by atoms with van der Waals surface area (Å²) in [5.41, 5.74) is -0.0129. The fourth-order valence-electron chi connectivity index (χ4n) is 4.27. The lowest BCUT2D eigenvalue weighted by Gasteiger charge is -2.36. The van der Waals surface area contributed by atoms with E-state index in [0.717, 1.165) is 34.5 Å².